The van der Waals surface area contributed by atoms with Crippen molar-refractivity contribution in [3.8, 4) is 0 Å². The Morgan fingerprint density at radius 3 is 3.06 bits per heavy atom. The summed E-state index contributed by atoms with van der Waals surface area (Å²) in [6.07, 6.45) is 5.30. The average Bonchev–Trinajstić information content (AvgIpc) is 2.58. The van der Waals surface area contributed by atoms with Crippen molar-refractivity contribution >= 4 is 26.8 Å². The number of nitrogens with zero attached hydrogens (tertiary/aromatic N) is 1. The maximum atomic E-state index is 9.03. The molecular weight excluding hydrogens is 266 g/mol. The predicted octanol–water partition coefficient (Wildman–Crippen LogP) is 2.88. The van der Waals surface area contributed by atoms with E-state index in [2.05, 4.69) is 38.8 Å². The third-order valence-electron chi connectivity index (χ3n) is 3.31. The molecule has 2 heterocycles. The van der Waals surface area contributed by atoms with Crippen molar-refractivity contribution in [3.63, 3.8) is 0 Å². The molecule has 2 aromatic rings. The fourth-order valence-electron chi connectivity index (χ4n) is 2.63. The molecule has 0 amide bonds. The molecule has 0 saturated carbocycles. The van der Waals surface area contributed by atoms with Crippen LogP contribution in [0, 0.1) is 0 Å². The molecule has 0 radical (unpaired) electrons. The van der Waals surface area contributed by atoms with Crippen LogP contribution in [0.4, 0.5) is 0 Å². The van der Waals surface area contributed by atoms with Gasteiger partial charge in [0, 0.05) is 29.2 Å². The van der Waals surface area contributed by atoms with Gasteiger partial charge in [0.2, 0.25) is 0 Å². The largest absolute Gasteiger partial charge is 0.396 e. The highest BCUT2D eigenvalue weighted by atomic mass is 79.9. The first-order valence-corrected chi connectivity index (χ1v) is 6.50. The van der Waals surface area contributed by atoms with Crippen LogP contribution in [0.25, 0.3) is 10.9 Å². The summed E-state index contributed by atoms with van der Waals surface area (Å²) in [6, 6.07) is 4.45. The first-order chi connectivity index (χ1) is 7.79. The zero-order chi connectivity index (χ0) is 11.1. The smallest absolute Gasteiger partial charge is 0.0524 e. The number of aliphatic hydroxyl groups excluding tert-OH is 1. The summed E-state index contributed by atoms with van der Waals surface area (Å²) in [6.45, 7) is 1.34. The van der Waals surface area contributed by atoms with E-state index >= 15 is 0 Å². The third kappa shape index (κ3) is 1.50. The zero-order valence-corrected chi connectivity index (χ0v) is 10.6. The van der Waals surface area contributed by atoms with Gasteiger partial charge in [-0.3, -0.25) is 0 Å². The van der Waals surface area contributed by atoms with Crippen molar-refractivity contribution in [1.82, 2.24) is 4.57 Å². The van der Waals surface area contributed by atoms with Crippen molar-refractivity contribution in [1.29, 1.82) is 0 Å². The SMILES string of the molecule is OCCc1cc2c3c(c1)c(Br)cn3CCC2. The Labute approximate surface area is 103 Å². The minimum Gasteiger partial charge on any atom is -0.396 e. The summed E-state index contributed by atoms with van der Waals surface area (Å²) >= 11 is 3.62. The molecule has 0 bridgehead atoms. The second-order valence-electron chi connectivity index (χ2n) is 4.40. The fourth-order valence-corrected chi connectivity index (χ4v) is 3.18. The molecule has 16 heavy (non-hydrogen) atoms. The average molecular weight is 280 g/mol. The summed E-state index contributed by atoms with van der Waals surface area (Å²) in [5, 5.41) is 10.3. The van der Waals surface area contributed by atoms with Crippen LogP contribution in [-0.4, -0.2) is 16.3 Å². The van der Waals surface area contributed by atoms with Gasteiger partial charge in [-0.1, -0.05) is 6.07 Å². The van der Waals surface area contributed by atoms with Gasteiger partial charge in [0.1, 0.15) is 0 Å². The summed E-state index contributed by atoms with van der Waals surface area (Å²) in [5.41, 5.74) is 4.04. The summed E-state index contributed by atoms with van der Waals surface area (Å²) in [7, 11) is 0. The van der Waals surface area contributed by atoms with E-state index in [0.29, 0.717) is 0 Å². The van der Waals surface area contributed by atoms with Crippen molar-refractivity contribution < 1.29 is 5.11 Å². The van der Waals surface area contributed by atoms with Crippen LogP contribution in [0.2, 0.25) is 0 Å². The lowest BCUT2D eigenvalue weighted by atomic mass is 9.99. The highest BCUT2D eigenvalue weighted by Gasteiger charge is 2.15. The molecule has 0 fully saturated rings. The molecule has 0 atom stereocenters. The Morgan fingerprint density at radius 2 is 2.25 bits per heavy atom. The van der Waals surface area contributed by atoms with E-state index in [1.54, 1.807) is 0 Å². The van der Waals surface area contributed by atoms with E-state index in [9.17, 15) is 0 Å². The van der Waals surface area contributed by atoms with Crippen molar-refractivity contribution in [2.75, 3.05) is 6.61 Å². The molecule has 0 spiro atoms. The molecule has 2 nitrogen and oxygen atoms in total. The van der Waals surface area contributed by atoms with E-state index in [1.165, 1.54) is 32.9 Å². The number of halogens is 1. The van der Waals surface area contributed by atoms with Gasteiger partial charge in [-0.15, -0.1) is 0 Å². The van der Waals surface area contributed by atoms with E-state index < -0.39 is 0 Å². The normalized spacial score (nSPS) is 14.6. The topological polar surface area (TPSA) is 25.2 Å². The van der Waals surface area contributed by atoms with E-state index in [-0.39, 0.29) is 6.61 Å². The minimum absolute atomic E-state index is 0.225. The van der Waals surface area contributed by atoms with Crippen LogP contribution in [0.1, 0.15) is 17.5 Å². The molecule has 0 saturated heterocycles. The molecule has 1 aromatic carbocycles. The number of hydrogen-bond acceptors (Lipinski definition) is 1. The molecule has 3 rings (SSSR count). The van der Waals surface area contributed by atoms with Crippen LogP contribution in [0.5, 0.6) is 0 Å². The van der Waals surface area contributed by atoms with E-state index in [1.807, 2.05) is 0 Å². The molecule has 0 aliphatic carbocycles. The maximum absolute atomic E-state index is 9.03. The second-order valence-corrected chi connectivity index (χ2v) is 5.25. The molecule has 1 N–H and O–H groups in total. The number of rotatable bonds is 2. The lowest BCUT2D eigenvalue weighted by Crippen LogP contribution is -2.07. The molecule has 3 heteroatoms. The van der Waals surface area contributed by atoms with Gasteiger partial charge in [-0.05, 0) is 52.4 Å². The Hall–Kier alpha value is -0.800. The third-order valence-corrected chi connectivity index (χ3v) is 3.94. The zero-order valence-electron chi connectivity index (χ0n) is 9.04. The number of hydrogen-bond donors (Lipinski definition) is 1. The lowest BCUT2D eigenvalue weighted by Gasteiger charge is -2.16. The number of aliphatic hydroxyl groups is 1. The molecule has 1 aromatic heterocycles. The molecule has 1 aliphatic heterocycles. The molecule has 0 unspecified atom stereocenters. The van der Waals surface area contributed by atoms with Gasteiger partial charge >= 0.3 is 0 Å². The summed E-state index contributed by atoms with van der Waals surface area (Å²) in [4.78, 5) is 0. The first-order valence-electron chi connectivity index (χ1n) is 5.70. The number of aryl methyl sites for hydroxylation is 2. The molecule has 1 aliphatic rings. The first kappa shape index (κ1) is 10.4. The fraction of sp³-hybridized carbons (Fsp3) is 0.385. The molecule has 84 valence electrons. The summed E-state index contributed by atoms with van der Waals surface area (Å²) < 4.78 is 3.51. The van der Waals surface area contributed by atoms with Crippen LogP contribution in [0.15, 0.2) is 22.8 Å². The lowest BCUT2D eigenvalue weighted by molar-refractivity contribution is 0.299. The van der Waals surface area contributed by atoms with Crippen molar-refractivity contribution in [3.05, 3.63) is 33.9 Å². The standard InChI is InChI=1S/C13H14BrNO/c14-12-8-15-4-1-2-10-6-9(3-5-16)7-11(12)13(10)15/h6-8,16H,1-5H2. The van der Waals surface area contributed by atoms with E-state index in [4.69, 9.17) is 5.11 Å². The molecular formula is C13H14BrNO. The maximum Gasteiger partial charge on any atom is 0.0524 e. The highest BCUT2D eigenvalue weighted by Crippen LogP contribution is 2.33. The van der Waals surface area contributed by atoms with Gasteiger partial charge in [0.15, 0.2) is 0 Å². The Kier molecular flexibility index (Phi) is 2.52. The van der Waals surface area contributed by atoms with Gasteiger partial charge in [0.25, 0.3) is 0 Å². The predicted molar refractivity (Wildman–Crippen MR) is 68.7 cm³/mol. The summed E-state index contributed by atoms with van der Waals surface area (Å²) in [5.74, 6) is 0. The number of benzene rings is 1. The number of aromatic nitrogens is 1. The van der Waals surface area contributed by atoms with Crippen LogP contribution in [0.3, 0.4) is 0 Å². The van der Waals surface area contributed by atoms with Crippen molar-refractivity contribution in [2.24, 2.45) is 0 Å². The van der Waals surface area contributed by atoms with Crippen LogP contribution < -0.4 is 0 Å². The van der Waals surface area contributed by atoms with Crippen molar-refractivity contribution in [2.45, 2.75) is 25.8 Å². The second kappa shape index (κ2) is 3.90. The highest BCUT2D eigenvalue weighted by molar-refractivity contribution is 9.10. The van der Waals surface area contributed by atoms with E-state index in [0.717, 1.165) is 19.4 Å². The van der Waals surface area contributed by atoms with Gasteiger partial charge in [-0.25, -0.2) is 0 Å². The van der Waals surface area contributed by atoms with Gasteiger partial charge in [0.05, 0.1) is 5.52 Å². The van der Waals surface area contributed by atoms with Gasteiger partial charge < -0.3 is 9.67 Å². The van der Waals surface area contributed by atoms with Gasteiger partial charge in [-0.2, -0.15) is 0 Å². The Balaban J connectivity index is 2.28. The van der Waals surface area contributed by atoms with Crippen LogP contribution >= 0.6 is 15.9 Å². The van der Waals surface area contributed by atoms with Crippen LogP contribution in [-0.2, 0) is 19.4 Å². The monoisotopic (exact) mass is 279 g/mol. The Morgan fingerprint density at radius 1 is 1.38 bits per heavy atom. The quantitative estimate of drug-likeness (QED) is 0.899. The Bertz CT molecular complexity index is 544. The minimum atomic E-state index is 0.225.